The Morgan fingerprint density at radius 2 is 1.21 bits per heavy atom. The van der Waals surface area contributed by atoms with Crippen LogP contribution in [0, 0.1) is 0 Å². The van der Waals surface area contributed by atoms with Gasteiger partial charge in [0.15, 0.2) is 0 Å². The zero-order chi connectivity index (χ0) is 38.3. The monoisotopic (exact) mass is 758 g/mol. The van der Waals surface area contributed by atoms with Crippen molar-refractivity contribution >= 4 is 92.2 Å². The van der Waals surface area contributed by atoms with Crippen LogP contribution in [-0.2, 0) is 0 Å². The number of fused-ring (bicyclic) bond motifs is 11. The van der Waals surface area contributed by atoms with Crippen molar-refractivity contribution in [3.8, 4) is 27.9 Å². The van der Waals surface area contributed by atoms with E-state index < -0.39 is 0 Å². The number of aromatic nitrogens is 1. The molecule has 0 saturated carbocycles. The van der Waals surface area contributed by atoms with E-state index in [-0.39, 0.29) is 0 Å². The molecule has 8 aromatic carbocycles. The molecule has 0 saturated heterocycles. The second-order valence-electron chi connectivity index (χ2n) is 15.0. The fourth-order valence-electron chi connectivity index (χ4n) is 9.04. The lowest BCUT2D eigenvalue weighted by atomic mass is 9.96. The molecular formula is C54H34N2OS. The third-order valence-corrected chi connectivity index (χ3v) is 12.9. The predicted octanol–water partition coefficient (Wildman–Crippen LogP) is 15.6. The molecule has 0 spiro atoms. The molecule has 3 nitrogen and oxygen atoms in total. The SMILES string of the molecule is C=C1/C=C\C=C/N(c2cccc(-c3cccc(-c4cccc5c4oc4ccccc45)c3)c2)c2ccc3c(sc4ccc(-n5c6ccccc6c6ccccc65)cc43)c21. The van der Waals surface area contributed by atoms with Gasteiger partial charge in [-0.05, 0) is 89.0 Å². The summed E-state index contributed by atoms with van der Waals surface area (Å²) < 4.78 is 11.3. The highest BCUT2D eigenvalue weighted by Crippen LogP contribution is 2.46. The van der Waals surface area contributed by atoms with Crippen LogP contribution in [0.2, 0.25) is 0 Å². The summed E-state index contributed by atoms with van der Waals surface area (Å²) in [5, 5.41) is 7.30. The van der Waals surface area contributed by atoms with Crippen LogP contribution in [0.5, 0.6) is 0 Å². The summed E-state index contributed by atoms with van der Waals surface area (Å²) >= 11 is 1.85. The number of para-hydroxylation sites is 4. The third-order valence-electron chi connectivity index (χ3n) is 11.7. The van der Waals surface area contributed by atoms with Gasteiger partial charge in [0.25, 0.3) is 0 Å². The van der Waals surface area contributed by atoms with E-state index in [4.69, 9.17) is 4.42 Å². The van der Waals surface area contributed by atoms with Crippen molar-refractivity contribution in [1.29, 1.82) is 0 Å². The minimum atomic E-state index is 0.907. The van der Waals surface area contributed by atoms with Gasteiger partial charge in [0.1, 0.15) is 11.2 Å². The zero-order valence-corrected chi connectivity index (χ0v) is 32.2. The average molecular weight is 759 g/mol. The van der Waals surface area contributed by atoms with Gasteiger partial charge in [-0.3, -0.25) is 0 Å². The van der Waals surface area contributed by atoms with Crippen molar-refractivity contribution in [3.63, 3.8) is 0 Å². The van der Waals surface area contributed by atoms with E-state index in [0.717, 1.165) is 72.4 Å². The maximum atomic E-state index is 6.42. The molecular weight excluding hydrogens is 725 g/mol. The number of furan rings is 1. The van der Waals surface area contributed by atoms with Gasteiger partial charge < -0.3 is 13.9 Å². The average Bonchev–Trinajstić information content (AvgIpc) is 3.95. The van der Waals surface area contributed by atoms with E-state index in [1.165, 1.54) is 42.0 Å². The Morgan fingerprint density at radius 1 is 0.500 bits per heavy atom. The highest BCUT2D eigenvalue weighted by atomic mass is 32.1. The number of rotatable bonds is 4. The Labute approximate surface area is 338 Å². The van der Waals surface area contributed by atoms with Crippen LogP contribution in [0.3, 0.4) is 0 Å². The van der Waals surface area contributed by atoms with Gasteiger partial charge in [-0.1, -0.05) is 128 Å². The Hall–Kier alpha value is -7.40. The Balaban J connectivity index is 0.966. The van der Waals surface area contributed by atoms with E-state index in [0.29, 0.717) is 0 Å². The molecule has 0 N–H and O–H groups in total. The standard InChI is InChI=1S/C54H34N2OS/c1-34-13-8-9-30-55(38-17-11-15-36(32-38)35-14-10-16-37(31-35)40-21-12-22-44-43-20-4-7-25-50(43)57-53(40)44)49-28-27-45-46-33-39(26-29-51(46)58-54(45)52(34)49)56-47-23-5-2-18-41(47)42-19-3-6-24-48(42)56/h2-33H,1H2/b13-8-,30-9-. The second kappa shape index (κ2) is 12.8. The molecule has 12 rings (SSSR count). The maximum Gasteiger partial charge on any atom is 0.143 e. The molecule has 4 heterocycles. The lowest BCUT2D eigenvalue weighted by Gasteiger charge is -2.26. The Bertz CT molecular complexity index is 3500. The molecule has 3 aromatic heterocycles. The number of hydrogen-bond donors (Lipinski definition) is 0. The van der Waals surface area contributed by atoms with Crippen molar-refractivity contribution in [1.82, 2.24) is 4.57 Å². The van der Waals surface area contributed by atoms with Crippen molar-refractivity contribution in [2.45, 2.75) is 0 Å². The smallest absolute Gasteiger partial charge is 0.143 e. The van der Waals surface area contributed by atoms with Crippen molar-refractivity contribution < 1.29 is 4.42 Å². The predicted molar refractivity (Wildman–Crippen MR) is 248 cm³/mol. The van der Waals surface area contributed by atoms with E-state index in [1.54, 1.807) is 0 Å². The summed E-state index contributed by atoms with van der Waals surface area (Å²) in [6.07, 6.45) is 8.49. The van der Waals surface area contributed by atoms with Gasteiger partial charge >= 0.3 is 0 Å². The van der Waals surface area contributed by atoms with E-state index >= 15 is 0 Å². The van der Waals surface area contributed by atoms with Crippen molar-refractivity contribution in [2.24, 2.45) is 0 Å². The largest absolute Gasteiger partial charge is 0.455 e. The minimum Gasteiger partial charge on any atom is -0.455 e. The second-order valence-corrected chi connectivity index (χ2v) is 16.0. The van der Waals surface area contributed by atoms with Crippen molar-refractivity contribution in [2.75, 3.05) is 4.90 Å². The summed E-state index contributed by atoms with van der Waals surface area (Å²) in [6.45, 7) is 4.62. The lowest BCUT2D eigenvalue weighted by molar-refractivity contribution is 0.670. The van der Waals surface area contributed by atoms with Crippen LogP contribution in [-0.4, -0.2) is 4.57 Å². The number of hydrogen-bond acceptors (Lipinski definition) is 3. The number of thiophene rings is 1. The van der Waals surface area contributed by atoms with Crippen LogP contribution in [0.4, 0.5) is 11.4 Å². The summed E-state index contributed by atoms with van der Waals surface area (Å²) in [7, 11) is 0. The first-order chi connectivity index (χ1) is 28.7. The first kappa shape index (κ1) is 32.8. The number of allylic oxidation sites excluding steroid dienone is 4. The number of benzene rings is 8. The van der Waals surface area contributed by atoms with Gasteiger partial charge in [-0.2, -0.15) is 0 Å². The van der Waals surface area contributed by atoms with Gasteiger partial charge in [0.2, 0.25) is 0 Å². The van der Waals surface area contributed by atoms with Crippen LogP contribution in [0.25, 0.3) is 97.4 Å². The van der Waals surface area contributed by atoms with Gasteiger partial charge in [0.05, 0.1) is 16.7 Å². The number of nitrogens with zero attached hydrogens (tertiary/aromatic N) is 2. The van der Waals surface area contributed by atoms with Crippen LogP contribution in [0.15, 0.2) is 205 Å². The highest BCUT2D eigenvalue weighted by Gasteiger charge is 2.21. The lowest BCUT2D eigenvalue weighted by Crippen LogP contribution is -2.11. The van der Waals surface area contributed by atoms with Gasteiger partial charge in [0, 0.05) is 70.4 Å². The molecule has 0 fully saturated rings. The molecule has 0 amide bonds. The van der Waals surface area contributed by atoms with Crippen LogP contribution < -0.4 is 4.90 Å². The first-order valence-corrected chi connectivity index (χ1v) is 20.4. The molecule has 0 radical (unpaired) electrons. The molecule has 0 unspecified atom stereocenters. The van der Waals surface area contributed by atoms with Crippen molar-refractivity contribution in [3.05, 3.63) is 206 Å². The van der Waals surface area contributed by atoms with E-state index in [2.05, 4.69) is 198 Å². The van der Waals surface area contributed by atoms with Crippen LogP contribution >= 0.6 is 11.3 Å². The molecule has 0 aliphatic carbocycles. The topological polar surface area (TPSA) is 21.3 Å². The normalized spacial score (nSPS) is 14.1. The molecule has 1 aliphatic rings. The molecule has 0 atom stereocenters. The Morgan fingerprint density at radius 3 is 2.05 bits per heavy atom. The fraction of sp³-hybridized carbons (Fsp3) is 0. The molecule has 11 aromatic rings. The molecule has 1 aliphatic heterocycles. The van der Waals surface area contributed by atoms with Gasteiger partial charge in [-0.15, -0.1) is 11.3 Å². The third kappa shape index (κ3) is 4.99. The Kier molecular flexibility index (Phi) is 7.25. The summed E-state index contributed by atoms with van der Waals surface area (Å²) in [5.74, 6) is 0. The van der Waals surface area contributed by atoms with Crippen LogP contribution in [0.1, 0.15) is 5.56 Å². The highest BCUT2D eigenvalue weighted by molar-refractivity contribution is 7.26. The maximum absolute atomic E-state index is 6.42. The summed E-state index contributed by atoms with van der Waals surface area (Å²) in [4.78, 5) is 2.31. The molecule has 58 heavy (non-hydrogen) atoms. The van der Waals surface area contributed by atoms with Gasteiger partial charge in [-0.25, -0.2) is 0 Å². The molecule has 272 valence electrons. The fourth-order valence-corrected chi connectivity index (χ4v) is 10.3. The summed E-state index contributed by atoms with van der Waals surface area (Å²) in [5.41, 5.74) is 14.3. The molecule has 0 bridgehead atoms. The minimum absolute atomic E-state index is 0.907. The van der Waals surface area contributed by atoms with E-state index in [9.17, 15) is 0 Å². The zero-order valence-electron chi connectivity index (χ0n) is 31.4. The first-order valence-electron chi connectivity index (χ1n) is 19.6. The summed E-state index contributed by atoms with van der Waals surface area (Å²) in [6, 6.07) is 61.2. The quantitative estimate of drug-likeness (QED) is 0.178. The number of anilines is 2. The molecule has 4 heteroatoms. The van der Waals surface area contributed by atoms with E-state index in [1.807, 2.05) is 23.5 Å².